The fourth-order valence-electron chi connectivity index (χ4n) is 0.498. The highest BCUT2D eigenvalue weighted by atomic mass is 32.2. The Morgan fingerprint density at radius 1 is 1.67 bits per heavy atom. The highest BCUT2D eigenvalue weighted by molar-refractivity contribution is 8.00. The van der Waals surface area contributed by atoms with Gasteiger partial charge in [0.2, 0.25) is 0 Å². The van der Waals surface area contributed by atoms with Crippen LogP contribution in [0.15, 0.2) is 23.6 Å². The van der Waals surface area contributed by atoms with E-state index in [0.717, 1.165) is 0 Å². The van der Waals surface area contributed by atoms with Crippen LogP contribution in [-0.2, 0) is 0 Å². The molecule has 0 bridgehead atoms. The SMILES string of the molecule is C=C/C(=C\SN)C(C)C. The van der Waals surface area contributed by atoms with Gasteiger partial charge in [-0.15, -0.1) is 0 Å². The van der Waals surface area contributed by atoms with E-state index in [1.807, 2.05) is 11.5 Å². The summed E-state index contributed by atoms with van der Waals surface area (Å²) in [4.78, 5) is 0. The predicted octanol–water partition coefficient (Wildman–Crippen LogP) is 2.32. The average Bonchev–Trinajstić information content (AvgIpc) is 1.82. The van der Waals surface area contributed by atoms with Crippen LogP contribution in [0.4, 0.5) is 0 Å². The van der Waals surface area contributed by atoms with E-state index in [4.69, 9.17) is 5.14 Å². The Kier molecular flexibility index (Phi) is 4.54. The molecule has 0 spiro atoms. The van der Waals surface area contributed by atoms with Gasteiger partial charge in [0.05, 0.1) is 0 Å². The lowest BCUT2D eigenvalue weighted by Gasteiger charge is -2.02. The molecule has 0 amide bonds. The average molecular weight is 143 g/mol. The van der Waals surface area contributed by atoms with E-state index >= 15 is 0 Å². The molecule has 52 valence electrons. The first-order chi connectivity index (χ1) is 4.22. The van der Waals surface area contributed by atoms with E-state index < -0.39 is 0 Å². The zero-order chi connectivity index (χ0) is 7.28. The lowest BCUT2D eigenvalue weighted by molar-refractivity contribution is 0.794. The first-order valence-electron chi connectivity index (χ1n) is 2.90. The van der Waals surface area contributed by atoms with E-state index in [1.165, 1.54) is 17.5 Å². The second kappa shape index (κ2) is 4.65. The monoisotopic (exact) mass is 143 g/mol. The summed E-state index contributed by atoms with van der Waals surface area (Å²) in [6, 6.07) is 0. The third-order valence-electron chi connectivity index (χ3n) is 1.11. The van der Waals surface area contributed by atoms with Gasteiger partial charge in [0.15, 0.2) is 0 Å². The normalized spacial score (nSPS) is 12.2. The number of nitrogens with two attached hydrogens (primary N) is 1. The van der Waals surface area contributed by atoms with E-state index in [0.29, 0.717) is 5.92 Å². The molecule has 0 fully saturated rings. The van der Waals surface area contributed by atoms with Gasteiger partial charge in [-0.3, -0.25) is 5.14 Å². The quantitative estimate of drug-likeness (QED) is 0.484. The maximum Gasteiger partial charge on any atom is -0.0104 e. The fourth-order valence-corrected chi connectivity index (χ4v) is 1.02. The Labute approximate surface area is 61.1 Å². The van der Waals surface area contributed by atoms with Crippen molar-refractivity contribution in [3.63, 3.8) is 0 Å². The number of hydrogen-bond acceptors (Lipinski definition) is 2. The largest absolute Gasteiger partial charge is 0.274 e. The highest BCUT2D eigenvalue weighted by Gasteiger charge is 1.95. The van der Waals surface area contributed by atoms with Crippen molar-refractivity contribution in [3.05, 3.63) is 23.6 Å². The van der Waals surface area contributed by atoms with E-state index in [1.54, 1.807) is 0 Å². The summed E-state index contributed by atoms with van der Waals surface area (Å²) < 4.78 is 0. The second-order valence-corrected chi connectivity index (χ2v) is 2.62. The molecule has 0 aromatic rings. The van der Waals surface area contributed by atoms with Gasteiger partial charge in [-0.1, -0.05) is 38.5 Å². The first kappa shape index (κ1) is 8.79. The van der Waals surface area contributed by atoms with Gasteiger partial charge in [-0.2, -0.15) is 0 Å². The summed E-state index contributed by atoms with van der Waals surface area (Å²) >= 11 is 1.23. The summed E-state index contributed by atoms with van der Waals surface area (Å²) in [6.45, 7) is 7.89. The predicted molar refractivity (Wildman–Crippen MR) is 44.9 cm³/mol. The molecular weight excluding hydrogens is 130 g/mol. The van der Waals surface area contributed by atoms with Gasteiger partial charge in [0.25, 0.3) is 0 Å². The number of hydrogen-bond donors (Lipinski definition) is 1. The molecule has 2 heteroatoms. The molecule has 0 aromatic carbocycles. The van der Waals surface area contributed by atoms with Crippen molar-refractivity contribution in [2.24, 2.45) is 11.1 Å². The lowest BCUT2D eigenvalue weighted by Crippen LogP contribution is -1.89. The molecular formula is C7H13NS. The molecule has 0 aromatic heterocycles. The van der Waals surface area contributed by atoms with E-state index in [9.17, 15) is 0 Å². The van der Waals surface area contributed by atoms with Gasteiger partial charge in [-0.05, 0) is 16.9 Å². The zero-order valence-corrected chi connectivity index (χ0v) is 6.74. The molecule has 0 atom stereocenters. The molecule has 1 nitrogen and oxygen atoms in total. The van der Waals surface area contributed by atoms with Crippen LogP contribution in [0, 0.1) is 5.92 Å². The van der Waals surface area contributed by atoms with Crippen molar-refractivity contribution in [2.75, 3.05) is 0 Å². The first-order valence-corrected chi connectivity index (χ1v) is 3.84. The van der Waals surface area contributed by atoms with Crippen molar-refractivity contribution in [1.82, 2.24) is 0 Å². The van der Waals surface area contributed by atoms with Crippen LogP contribution in [-0.4, -0.2) is 0 Å². The Morgan fingerprint density at radius 3 is 2.33 bits per heavy atom. The minimum atomic E-state index is 0.526. The molecule has 2 N–H and O–H groups in total. The van der Waals surface area contributed by atoms with Crippen molar-refractivity contribution in [3.8, 4) is 0 Å². The molecule has 0 rings (SSSR count). The van der Waals surface area contributed by atoms with Crippen LogP contribution in [0.5, 0.6) is 0 Å². The van der Waals surface area contributed by atoms with Crippen LogP contribution < -0.4 is 5.14 Å². The van der Waals surface area contributed by atoms with Crippen LogP contribution in [0.1, 0.15) is 13.8 Å². The van der Waals surface area contributed by atoms with Gasteiger partial charge in [0, 0.05) is 0 Å². The van der Waals surface area contributed by atoms with Crippen LogP contribution in [0.2, 0.25) is 0 Å². The maximum absolute atomic E-state index is 5.24. The van der Waals surface area contributed by atoms with Gasteiger partial charge < -0.3 is 0 Å². The van der Waals surface area contributed by atoms with Gasteiger partial charge >= 0.3 is 0 Å². The van der Waals surface area contributed by atoms with Crippen molar-refractivity contribution < 1.29 is 0 Å². The maximum atomic E-state index is 5.24. The third kappa shape index (κ3) is 3.38. The Hall–Kier alpha value is -0.210. The van der Waals surface area contributed by atoms with Crippen LogP contribution in [0.25, 0.3) is 0 Å². The van der Waals surface area contributed by atoms with Crippen LogP contribution >= 0.6 is 11.9 Å². The van der Waals surface area contributed by atoms with Gasteiger partial charge in [-0.25, -0.2) is 0 Å². The summed E-state index contributed by atoms with van der Waals surface area (Å²) in [7, 11) is 0. The molecule has 0 unspecified atom stereocenters. The molecule has 0 saturated carbocycles. The lowest BCUT2D eigenvalue weighted by atomic mass is 10.1. The van der Waals surface area contributed by atoms with Crippen LogP contribution in [0.3, 0.4) is 0 Å². The topological polar surface area (TPSA) is 26.0 Å². The van der Waals surface area contributed by atoms with Crippen molar-refractivity contribution in [1.29, 1.82) is 0 Å². The van der Waals surface area contributed by atoms with Crippen molar-refractivity contribution >= 4 is 11.9 Å². The Morgan fingerprint density at radius 2 is 2.22 bits per heavy atom. The Balaban J connectivity index is 3.97. The highest BCUT2D eigenvalue weighted by Crippen LogP contribution is 2.12. The minimum Gasteiger partial charge on any atom is -0.274 e. The summed E-state index contributed by atoms with van der Waals surface area (Å²) in [5, 5.41) is 7.15. The molecule has 0 aliphatic carbocycles. The summed E-state index contributed by atoms with van der Waals surface area (Å²) in [5.74, 6) is 0.526. The van der Waals surface area contributed by atoms with Gasteiger partial charge in [0.1, 0.15) is 0 Å². The fraction of sp³-hybridized carbons (Fsp3) is 0.429. The summed E-state index contributed by atoms with van der Waals surface area (Å²) in [5.41, 5.74) is 1.20. The summed E-state index contributed by atoms with van der Waals surface area (Å²) in [6.07, 6.45) is 1.84. The molecule has 0 aliphatic heterocycles. The van der Waals surface area contributed by atoms with Crippen molar-refractivity contribution in [2.45, 2.75) is 13.8 Å². The molecule has 0 aliphatic rings. The number of rotatable bonds is 3. The smallest absolute Gasteiger partial charge is 0.0104 e. The molecule has 0 radical (unpaired) electrons. The molecule has 9 heavy (non-hydrogen) atoms. The second-order valence-electron chi connectivity index (χ2n) is 2.11. The van der Waals surface area contributed by atoms with E-state index in [-0.39, 0.29) is 0 Å². The molecule has 0 saturated heterocycles. The zero-order valence-electron chi connectivity index (χ0n) is 5.92. The minimum absolute atomic E-state index is 0.526. The third-order valence-corrected chi connectivity index (χ3v) is 1.51. The number of allylic oxidation sites excluding steroid dienone is 2. The van der Waals surface area contributed by atoms with E-state index in [2.05, 4.69) is 20.4 Å². The standard InChI is InChI=1S/C7H13NS/c1-4-7(5-9-8)6(2)3/h4-6H,1,8H2,2-3H3/b7-5+. The molecule has 0 heterocycles. The Bertz CT molecular complexity index is 116.